The van der Waals surface area contributed by atoms with Crippen molar-refractivity contribution in [2.24, 2.45) is 0 Å². The SMILES string of the molecule is CCN1C[C@H](CN(C)C(=O)/C=C/c2ccc(C)s2)Oc2ccccc21. The Labute approximate surface area is 153 Å². The second-order valence-electron chi connectivity index (χ2n) is 6.25. The first-order chi connectivity index (χ1) is 12.1. The van der Waals surface area contributed by atoms with Crippen LogP contribution in [0.4, 0.5) is 5.69 Å². The van der Waals surface area contributed by atoms with Crippen molar-refractivity contribution in [1.29, 1.82) is 0 Å². The molecule has 132 valence electrons. The number of hydrogen-bond acceptors (Lipinski definition) is 4. The van der Waals surface area contributed by atoms with Gasteiger partial charge in [-0.25, -0.2) is 0 Å². The largest absolute Gasteiger partial charge is 0.485 e. The number of thiophene rings is 1. The summed E-state index contributed by atoms with van der Waals surface area (Å²) in [6, 6.07) is 12.2. The lowest BCUT2D eigenvalue weighted by atomic mass is 10.2. The number of fused-ring (bicyclic) bond motifs is 1. The molecule has 25 heavy (non-hydrogen) atoms. The van der Waals surface area contributed by atoms with Crippen molar-refractivity contribution in [3.8, 4) is 5.75 Å². The minimum absolute atomic E-state index is 0.00319. The van der Waals surface area contributed by atoms with Crippen molar-refractivity contribution in [2.75, 3.05) is 31.6 Å². The first kappa shape index (κ1) is 17.5. The molecule has 1 aliphatic rings. The second kappa shape index (κ2) is 7.74. The molecule has 0 spiro atoms. The topological polar surface area (TPSA) is 32.8 Å². The third-order valence-corrected chi connectivity index (χ3v) is 5.28. The van der Waals surface area contributed by atoms with Crippen LogP contribution in [0.1, 0.15) is 16.7 Å². The summed E-state index contributed by atoms with van der Waals surface area (Å²) in [5.41, 5.74) is 1.13. The first-order valence-corrected chi connectivity index (χ1v) is 9.38. The fourth-order valence-electron chi connectivity index (χ4n) is 2.99. The predicted octanol–water partition coefficient (Wildman–Crippen LogP) is 3.82. The van der Waals surface area contributed by atoms with E-state index in [-0.39, 0.29) is 12.0 Å². The minimum atomic E-state index is -0.0267. The molecule has 1 aromatic carbocycles. The minimum Gasteiger partial charge on any atom is -0.485 e. The van der Waals surface area contributed by atoms with Gasteiger partial charge in [0.15, 0.2) is 0 Å². The van der Waals surface area contributed by atoms with E-state index < -0.39 is 0 Å². The molecule has 0 N–H and O–H groups in total. The number of ether oxygens (including phenoxy) is 1. The van der Waals surface area contributed by atoms with Gasteiger partial charge in [0.2, 0.25) is 5.91 Å². The molecule has 4 nitrogen and oxygen atoms in total. The van der Waals surface area contributed by atoms with Crippen molar-refractivity contribution in [3.63, 3.8) is 0 Å². The Balaban J connectivity index is 1.62. The van der Waals surface area contributed by atoms with Gasteiger partial charge in [0, 0.05) is 29.4 Å². The van der Waals surface area contributed by atoms with Gasteiger partial charge in [-0.3, -0.25) is 4.79 Å². The number of carbonyl (C=O) groups excluding carboxylic acids is 1. The molecule has 0 radical (unpaired) electrons. The third kappa shape index (κ3) is 4.23. The number of benzene rings is 1. The Morgan fingerprint density at radius 3 is 2.88 bits per heavy atom. The lowest BCUT2D eigenvalue weighted by molar-refractivity contribution is -0.125. The second-order valence-corrected chi connectivity index (χ2v) is 7.57. The van der Waals surface area contributed by atoms with E-state index in [0.29, 0.717) is 6.54 Å². The fourth-order valence-corrected chi connectivity index (χ4v) is 3.77. The molecule has 3 rings (SSSR count). The molecule has 5 heteroatoms. The highest BCUT2D eigenvalue weighted by Crippen LogP contribution is 2.32. The Bertz CT molecular complexity index is 769. The molecule has 2 aromatic rings. The Morgan fingerprint density at radius 1 is 1.36 bits per heavy atom. The van der Waals surface area contributed by atoms with Crippen molar-refractivity contribution < 1.29 is 9.53 Å². The summed E-state index contributed by atoms with van der Waals surface area (Å²) in [6.45, 7) is 6.48. The summed E-state index contributed by atoms with van der Waals surface area (Å²) in [4.78, 5) is 18.7. The van der Waals surface area contributed by atoms with Gasteiger partial charge in [-0.15, -0.1) is 11.3 Å². The zero-order valence-corrected chi connectivity index (χ0v) is 15.8. The van der Waals surface area contributed by atoms with E-state index >= 15 is 0 Å². The van der Waals surface area contributed by atoms with Gasteiger partial charge in [-0.2, -0.15) is 0 Å². The number of anilines is 1. The number of aryl methyl sites for hydroxylation is 1. The zero-order chi connectivity index (χ0) is 17.8. The Morgan fingerprint density at radius 2 is 2.16 bits per heavy atom. The van der Waals surface area contributed by atoms with Crippen LogP contribution in [0.15, 0.2) is 42.5 Å². The van der Waals surface area contributed by atoms with Gasteiger partial charge < -0.3 is 14.5 Å². The van der Waals surface area contributed by atoms with Gasteiger partial charge in [-0.05, 0) is 44.2 Å². The number of para-hydroxylation sites is 2. The fraction of sp³-hybridized carbons (Fsp3) is 0.350. The summed E-state index contributed by atoms with van der Waals surface area (Å²) in [5, 5.41) is 0. The monoisotopic (exact) mass is 356 g/mol. The Hall–Kier alpha value is -2.27. The standard InChI is InChI=1S/C20H24N2O2S/c1-4-22-14-16(24-19-8-6-5-7-18(19)22)13-21(3)20(23)12-11-17-10-9-15(2)25-17/h5-12,16H,4,13-14H2,1-3H3/b12-11+/t16-/m0/s1. The van der Waals surface area contributed by atoms with E-state index in [0.717, 1.165) is 29.4 Å². The molecular formula is C20H24N2O2S. The number of carbonyl (C=O) groups is 1. The smallest absolute Gasteiger partial charge is 0.246 e. The molecule has 1 aliphatic heterocycles. The summed E-state index contributed by atoms with van der Waals surface area (Å²) in [6.07, 6.45) is 3.49. The molecule has 1 amide bonds. The molecular weight excluding hydrogens is 332 g/mol. The van der Waals surface area contributed by atoms with Gasteiger partial charge in [0.1, 0.15) is 11.9 Å². The Kier molecular flexibility index (Phi) is 5.43. The summed E-state index contributed by atoms with van der Waals surface area (Å²) in [7, 11) is 1.83. The zero-order valence-electron chi connectivity index (χ0n) is 14.9. The molecule has 0 aliphatic carbocycles. The third-order valence-electron chi connectivity index (χ3n) is 4.31. The number of hydrogen-bond donors (Lipinski definition) is 0. The molecule has 0 saturated heterocycles. The van der Waals surface area contributed by atoms with Crippen LogP contribution in [-0.2, 0) is 4.79 Å². The number of rotatable bonds is 5. The van der Waals surface area contributed by atoms with Crippen LogP contribution >= 0.6 is 11.3 Å². The van der Waals surface area contributed by atoms with Crippen molar-refractivity contribution in [3.05, 3.63) is 52.2 Å². The average Bonchev–Trinajstić information content (AvgIpc) is 3.04. The molecule has 0 bridgehead atoms. The lowest BCUT2D eigenvalue weighted by Crippen LogP contribution is -2.46. The molecule has 1 atom stereocenters. The molecule has 2 heterocycles. The number of amides is 1. The highest BCUT2D eigenvalue weighted by Gasteiger charge is 2.26. The quantitative estimate of drug-likeness (QED) is 0.764. The van der Waals surface area contributed by atoms with E-state index in [4.69, 9.17) is 4.74 Å². The molecule has 0 fully saturated rings. The van der Waals surface area contributed by atoms with Gasteiger partial charge in [-0.1, -0.05) is 12.1 Å². The lowest BCUT2D eigenvalue weighted by Gasteiger charge is -2.37. The van der Waals surface area contributed by atoms with Crippen molar-refractivity contribution in [2.45, 2.75) is 20.0 Å². The van der Waals surface area contributed by atoms with Crippen LogP contribution < -0.4 is 9.64 Å². The molecule has 0 unspecified atom stereocenters. The van der Waals surface area contributed by atoms with Gasteiger partial charge in [0.25, 0.3) is 0 Å². The van der Waals surface area contributed by atoms with Crippen LogP contribution in [0.25, 0.3) is 6.08 Å². The van der Waals surface area contributed by atoms with E-state index in [1.165, 1.54) is 4.88 Å². The first-order valence-electron chi connectivity index (χ1n) is 8.57. The van der Waals surface area contributed by atoms with Crippen molar-refractivity contribution >= 4 is 29.0 Å². The summed E-state index contributed by atoms with van der Waals surface area (Å²) in [5.74, 6) is 0.891. The number of likely N-dealkylation sites (N-methyl/N-ethyl adjacent to an activating group) is 2. The van der Waals surface area contributed by atoms with Crippen LogP contribution in [0, 0.1) is 6.92 Å². The summed E-state index contributed by atoms with van der Waals surface area (Å²) < 4.78 is 6.09. The van der Waals surface area contributed by atoms with Crippen molar-refractivity contribution in [1.82, 2.24) is 4.90 Å². The maximum Gasteiger partial charge on any atom is 0.246 e. The van der Waals surface area contributed by atoms with Crippen LogP contribution in [0.3, 0.4) is 0 Å². The number of nitrogens with zero attached hydrogens (tertiary/aromatic N) is 2. The average molecular weight is 356 g/mol. The van der Waals surface area contributed by atoms with Crippen LogP contribution in [0.2, 0.25) is 0 Å². The maximum absolute atomic E-state index is 12.4. The van der Waals surface area contributed by atoms with Crippen LogP contribution in [-0.4, -0.2) is 43.6 Å². The molecule has 0 saturated carbocycles. The van der Waals surface area contributed by atoms with Gasteiger partial charge >= 0.3 is 0 Å². The van der Waals surface area contributed by atoms with E-state index in [2.05, 4.69) is 30.9 Å². The summed E-state index contributed by atoms with van der Waals surface area (Å²) >= 11 is 1.68. The van der Waals surface area contributed by atoms with E-state index in [9.17, 15) is 4.79 Å². The predicted molar refractivity (Wildman–Crippen MR) is 104 cm³/mol. The van der Waals surface area contributed by atoms with Crippen LogP contribution in [0.5, 0.6) is 5.75 Å². The maximum atomic E-state index is 12.4. The highest BCUT2D eigenvalue weighted by atomic mass is 32.1. The van der Waals surface area contributed by atoms with Gasteiger partial charge in [0.05, 0.1) is 18.8 Å². The molecule has 1 aromatic heterocycles. The van der Waals surface area contributed by atoms with E-state index in [1.54, 1.807) is 22.3 Å². The normalized spacial score (nSPS) is 16.6. The highest BCUT2D eigenvalue weighted by molar-refractivity contribution is 7.12. The van der Waals surface area contributed by atoms with E-state index in [1.807, 2.05) is 37.4 Å².